The lowest BCUT2D eigenvalue weighted by atomic mass is 10.2. The minimum atomic E-state index is 0.475. The zero-order valence-electron chi connectivity index (χ0n) is 11.7. The van der Waals surface area contributed by atoms with E-state index in [-0.39, 0.29) is 0 Å². The predicted octanol–water partition coefficient (Wildman–Crippen LogP) is 1.63. The normalized spacial score (nSPS) is 16.1. The average molecular weight is 345 g/mol. The van der Waals surface area contributed by atoms with Crippen LogP contribution in [0.3, 0.4) is 0 Å². The Hall–Kier alpha value is -0.820. The number of halogens is 1. The molecule has 2 N–H and O–H groups in total. The fourth-order valence-corrected chi connectivity index (χ4v) is 2.74. The van der Waals surface area contributed by atoms with Crippen LogP contribution in [0.2, 0.25) is 0 Å². The Kier molecular flexibility index (Phi) is 6.09. The molecule has 0 bridgehead atoms. The van der Waals surface area contributed by atoms with Crippen LogP contribution in [-0.4, -0.2) is 51.5 Å². The van der Waals surface area contributed by atoms with Crippen molar-refractivity contribution in [2.24, 2.45) is 5.73 Å². The van der Waals surface area contributed by atoms with Gasteiger partial charge in [-0.25, -0.2) is 0 Å². The molecular formula is C14H21BrN2O3. The van der Waals surface area contributed by atoms with Gasteiger partial charge in [-0.15, -0.1) is 0 Å². The van der Waals surface area contributed by atoms with Gasteiger partial charge in [0, 0.05) is 26.2 Å². The molecule has 0 aliphatic carbocycles. The summed E-state index contributed by atoms with van der Waals surface area (Å²) in [7, 11) is 1.64. The molecule has 0 saturated carbocycles. The summed E-state index contributed by atoms with van der Waals surface area (Å²) < 4.78 is 17.4. The zero-order chi connectivity index (χ0) is 14.4. The summed E-state index contributed by atoms with van der Waals surface area (Å²) in [5.41, 5.74) is 6.66. The second-order valence-electron chi connectivity index (χ2n) is 4.62. The van der Waals surface area contributed by atoms with Gasteiger partial charge in [-0.3, -0.25) is 4.90 Å². The van der Waals surface area contributed by atoms with Crippen LogP contribution in [0.25, 0.3) is 0 Å². The molecule has 1 heterocycles. The van der Waals surface area contributed by atoms with Crippen LogP contribution in [0.5, 0.6) is 11.5 Å². The highest BCUT2D eigenvalue weighted by Crippen LogP contribution is 2.36. The molecule has 0 radical (unpaired) electrons. The molecule has 6 heteroatoms. The van der Waals surface area contributed by atoms with E-state index in [0.717, 1.165) is 48.6 Å². The van der Waals surface area contributed by atoms with E-state index in [9.17, 15) is 0 Å². The van der Waals surface area contributed by atoms with E-state index in [4.69, 9.17) is 19.9 Å². The number of nitrogens with zero attached hydrogens (tertiary/aromatic N) is 1. The highest BCUT2D eigenvalue weighted by Gasteiger charge is 2.13. The SMILES string of the molecule is COc1cc(CN)cc(Br)c1OCCN1CCOCC1. The van der Waals surface area contributed by atoms with Crippen LogP contribution < -0.4 is 15.2 Å². The van der Waals surface area contributed by atoms with Crippen molar-refractivity contribution in [1.29, 1.82) is 0 Å². The number of rotatable bonds is 6. The molecule has 1 fully saturated rings. The number of benzene rings is 1. The second-order valence-corrected chi connectivity index (χ2v) is 5.47. The number of nitrogens with two attached hydrogens (primary N) is 1. The van der Waals surface area contributed by atoms with E-state index in [1.165, 1.54) is 0 Å². The number of ether oxygens (including phenoxy) is 3. The quantitative estimate of drug-likeness (QED) is 0.849. The fraction of sp³-hybridized carbons (Fsp3) is 0.571. The minimum absolute atomic E-state index is 0.475. The molecule has 0 aromatic heterocycles. The van der Waals surface area contributed by atoms with Gasteiger partial charge in [0.1, 0.15) is 6.61 Å². The van der Waals surface area contributed by atoms with Crippen molar-refractivity contribution in [3.8, 4) is 11.5 Å². The molecular weight excluding hydrogens is 324 g/mol. The van der Waals surface area contributed by atoms with E-state index >= 15 is 0 Å². The third kappa shape index (κ3) is 4.09. The number of hydrogen-bond acceptors (Lipinski definition) is 5. The lowest BCUT2D eigenvalue weighted by Crippen LogP contribution is -2.38. The van der Waals surface area contributed by atoms with E-state index < -0.39 is 0 Å². The molecule has 0 amide bonds. The van der Waals surface area contributed by atoms with Crippen molar-refractivity contribution in [1.82, 2.24) is 4.90 Å². The Morgan fingerprint density at radius 1 is 1.35 bits per heavy atom. The van der Waals surface area contributed by atoms with Crippen LogP contribution in [0, 0.1) is 0 Å². The van der Waals surface area contributed by atoms with Gasteiger partial charge >= 0.3 is 0 Å². The molecule has 1 aliphatic rings. The van der Waals surface area contributed by atoms with Gasteiger partial charge in [0.15, 0.2) is 11.5 Å². The third-order valence-electron chi connectivity index (χ3n) is 3.28. The van der Waals surface area contributed by atoms with Gasteiger partial charge in [-0.1, -0.05) is 0 Å². The fourth-order valence-electron chi connectivity index (χ4n) is 2.13. The summed E-state index contributed by atoms with van der Waals surface area (Å²) in [5.74, 6) is 1.44. The molecule has 0 unspecified atom stereocenters. The van der Waals surface area contributed by atoms with Crippen molar-refractivity contribution < 1.29 is 14.2 Å². The summed E-state index contributed by atoms with van der Waals surface area (Å²) in [6.07, 6.45) is 0. The highest BCUT2D eigenvalue weighted by molar-refractivity contribution is 9.10. The minimum Gasteiger partial charge on any atom is -0.493 e. The molecule has 0 atom stereocenters. The Morgan fingerprint density at radius 3 is 2.75 bits per heavy atom. The first-order valence-electron chi connectivity index (χ1n) is 6.74. The first-order chi connectivity index (χ1) is 9.74. The summed E-state index contributed by atoms with van der Waals surface area (Å²) >= 11 is 3.51. The lowest BCUT2D eigenvalue weighted by Gasteiger charge is -2.26. The van der Waals surface area contributed by atoms with Crippen molar-refractivity contribution in [3.63, 3.8) is 0 Å². The molecule has 20 heavy (non-hydrogen) atoms. The van der Waals surface area contributed by atoms with Crippen molar-refractivity contribution in [2.45, 2.75) is 6.54 Å². The topological polar surface area (TPSA) is 57.0 Å². The van der Waals surface area contributed by atoms with Crippen LogP contribution in [0.1, 0.15) is 5.56 Å². The molecule has 1 aromatic carbocycles. The average Bonchev–Trinajstić information content (AvgIpc) is 2.49. The Labute approximate surface area is 128 Å². The van der Waals surface area contributed by atoms with Gasteiger partial charge in [0.05, 0.1) is 24.8 Å². The zero-order valence-corrected chi connectivity index (χ0v) is 13.3. The number of hydrogen-bond donors (Lipinski definition) is 1. The van der Waals surface area contributed by atoms with Gasteiger partial charge in [-0.05, 0) is 33.6 Å². The molecule has 112 valence electrons. The van der Waals surface area contributed by atoms with Crippen LogP contribution in [0.4, 0.5) is 0 Å². The van der Waals surface area contributed by atoms with Crippen molar-refractivity contribution in [3.05, 3.63) is 22.2 Å². The lowest BCUT2D eigenvalue weighted by molar-refractivity contribution is 0.0320. The smallest absolute Gasteiger partial charge is 0.175 e. The standard InChI is InChI=1S/C14H21BrN2O3/c1-18-13-9-11(10-16)8-12(15)14(13)20-7-4-17-2-5-19-6-3-17/h8-9H,2-7,10,16H2,1H3. The van der Waals surface area contributed by atoms with Crippen molar-refractivity contribution >= 4 is 15.9 Å². The van der Waals surface area contributed by atoms with Crippen molar-refractivity contribution in [2.75, 3.05) is 46.6 Å². The summed E-state index contributed by atoms with van der Waals surface area (Å²) in [6.45, 7) is 5.52. The number of morpholine rings is 1. The van der Waals surface area contributed by atoms with Gasteiger partial charge in [0.2, 0.25) is 0 Å². The largest absolute Gasteiger partial charge is 0.493 e. The van der Waals surface area contributed by atoms with E-state index in [1.54, 1.807) is 7.11 Å². The maximum Gasteiger partial charge on any atom is 0.175 e. The third-order valence-corrected chi connectivity index (χ3v) is 3.87. The monoisotopic (exact) mass is 344 g/mol. The maximum absolute atomic E-state index is 5.87. The number of methoxy groups -OCH3 is 1. The molecule has 1 aromatic rings. The maximum atomic E-state index is 5.87. The first kappa shape index (κ1) is 15.6. The van der Waals surface area contributed by atoms with E-state index in [2.05, 4.69) is 20.8 Å². The van der Waals surface area contributed by atoms with Gasteiger partial charge in [-0.2, -0.15) is 0 Å². The molecule has 0 spiro atoms. The molecule has 5 nitrogen and oxygen atoms in total. The summed E-state index contributed by atoms with van der Waals surface area (Å²) in [4.78, 5) is 2.33. The second kappa shape index (κ2) is 7.83. The molecule has 1 saturated heterocycles. The Bertz CT molecular complexity index is 437. The van der Waals surface area contributed by atoms with Gasteiger partial charge in [0.25, 0.3) is 0 Å². The molecule has 1 aliphatic heterocycles. The van der Waals surface area contributed by atoms with Gasteiger partial charge < -0.3 is 19.9 Å². The predicted molar refractivity (Wildman–Crippen MR) is 81.3 cm³/mol. The van der Waals surface area contributed by atoms with E-state index in [0.29, 0.717) is 18.9 Å². The Morgan fingerprint density at radius 2 is 2.10 bits per heavy atom. The summed E-state index contributed by atoms with van der Waals surface area (Å²) in [5, 5.41) is 0. The molecule has 2 rings (SSSR count). The first-order valence-corrected chi connectivity index (χ1v) is 7.53. The Balaban J connectivity index is 1.94. The van der Waals surface area contributed by atoms with Crippen LogP contribution in [-0.2, 0) is 11.3 Å². The van der Waals surface area contributed by atoms with Crippen LogP contribution >= 0.6 is 15.9 Å². The highest BCUT2D eigenvalue weighted by atomic mass is 79.9. The van der Waals surface area contributed by atoms with E-state index in [1.807, 2.05) is 12.1 Å². The summed E-state index contributed by atoms with van der Waals surface area (Å²) in [6, 6.07) is 3.88. The van der Waals surface area contributed by atoms with Crippen LogP contribution in [0.15, 0.2) is 16.6 Å².